The lowest BCUT2D eigenvalue weighted by atomic mass is 9.70. The van der Waals surface area contributed by atoms with Gasteiger partial charge in [-0.15, -0.1) is 10.2 Å². The van der Waals surface area contributed by atoms with Crippen LogP contribution in [0.4, 0.5) is 0 Å². The first-order chi connectivity index (χ1) is 10.0. The summed E-state index contributed by atoms with van der Waals surface area (Å²) in [4.78, 5) is 0. The van der Waals surface area contributed by atoms with E-state index in [1.54, 1.807) is 0 Å². The predicted molar refractivity (Wildman–Crippen MR) is 85.3 cm³/mol. The molecule has 2 rings (SSSR count). The summed E-state index contributed by atoms with van der Waals surface area (Å²) in [5, 5.41) is 11.8. The maximum absolute atomic E-state index is 5.86. The molecule has 1 saturated carbocycles. The Kier molecular flexibility index (Phi) is 5.80. The highest BCUT2D eigenvalue weighted by Gasteiger charge is 2.32. The van der Waals surface area contributed by atoms with Crippen LogP contribution < -0.4 is 5.32 Å². The highest BCUT2D eigenvalue weighted by Crippen LogP contribution is 2.42. The van der Waals surface area contributed by atoms with Crippen molar-refractivity contribution in [2.75, 3.05) is 13.1 Å². The fraction of sp³-hybridized carbons (Fsp3) is 0.882. The molecule has 120 valence electrons. The molecule has 0 amide bonds. The van der Waals surface area contributed by atoms with Gasteiger partial charge in [-0.3, -0.25) is 0 Å². The van der Waals surface area contributed by atoms with Crippen molar-refractivity contribution < 1.29 is 4.42 Å². The van der Waals surface area contributed by atoms with Gasteiger partial charge in [0.05, 0.1) is 0 Å². The molecule has 1 aliphatic rings. The summed E-state index contributed by atoms with van der Waals surface area (Å²) in [5.41, 5.74) is 0.427. The third-order valence-corrected chi connectivity index (χ3v) is 4.73. The maximum Gasteiger partial charge on any atom is 0.219 e. The first kappa shape index (κ1) is 16.5. The zero-order valence-electron chi connectivity index (χ0n) is 14.1. The molecule has 0 aromatic carbocycles. The molecule has 1 N–H and O–H groups in total. The lowest BCUT2D eigenvalue weighted by Crippen LogP contribution is -2.25. The third-order valence-electron chi connectivity index (χ3n) is 4.73. The van der Waals surface area contributed by atoms with Crippen molar-refractivity contribution in [3.05, 3.63) is 11.8 Å². The lowest BCUT2D eigenvalue weighted by Gasteiger charge is -2.36. The number of rotatable bonds is 6. The molecule has 1 fully saturated rings. The van der Waals surface area contributed by atoms with Gasteiger partial charge in [-0.05, 0) is 50.0 Å². The van der Waals surface area contributed by atoms with Gasteiger partial charge in [0, 0.05) is 18.9 Å². The van der Waals surface area contributed by atoms with E-state index in [2.05, 4.69) is 43.2 Å². The zero-order valence-corrected chi connectivity index (χ0v) is 14.1. The molecule has 1 aliphatic carbocycles. The maximum atomic E-state index is 5.86. The largest absolute Gasteiger partial charge is 0.425 e. The quantitative estimate of drug-likeness (QED) is 0.807. The molecule has 4 nitrogen and oxygen atoms in total. The SMILES string of the molecule is CCCNCCc1nnc(C2CCC(C(C)(C)C)CC2)o1. The van der Waals surface area contributed by atoms with E-state index in [-0.39, 0.29) is 0 Å². The highest BCUT2D eigenvalue weighted by molar-refractivity contribution is 4.96. The second-order valence-corrected chi connectivity index (χ2v) is 7.45. The average molecular weight is 293 g/mol. The Morgan fingerprint density at radius 2 is 1.81 bits per heavy atom. The van der Waals surface area contributed by atoms with Crippen LogP contribution in [0.2, 0.25) is 0 Å². The van der Waals surface area contributed by atoms with Crippen molar-refractivity contribution in [2.45, 2.75) is 72.1 Å². The van der Waals surface area contributed by atoms with Crippen molar-refractivity contribution in [3.8, 4) is 0 Å². The van der Waals surface area contributed by atoms with Gasteiger partial charge >= 0.3 is 0 Å². The van der Waals surface area contributed by atoms with Gasteiger partial charge in [0.1, 0.15) is 0 Å². The molecule has 0 bridgehead atoms. The summed E-state index contributed by atoms with van der Waals surface area (Å²) in [6.07, 6.45) is 6.94. The van der Waals surface area contributed by atoms with Gasteiger partial charge in [-0.1, -0.05) is 27.7 Å². The van der Waals surface area contributed by atoms with Crippen LogP contribution in [0.25, 0.3) is 0 Å². The summed E-state index contributed by atoms with van der Waals surface area (Å²) >= 11 is 0. The summed E-state index contributed by atoms with van der Waals surface area (Å²) < 4.78 is 5.86. The van der Waals surface area contributed by atoms with Crippen LogP contribution in [0.5, 0.6) is 0 Å². The molecule has 0 aliphatic heterocycles. The van der Waals surface area contributed by atoms with E-state index in [9.17, 15) is 0 Å². The Labute approximate surface area is 129 Å². The number of nitrogens with zero attached hydrogens (tertiary/aromatic N) is 2. The van der Waals surface area contributed by atoms with Crippen LogP contribution in [0.3, 0.4) is 0 Å². The third kappa shape index (κ3) is 4.80. The Morgan fingerprint density at radius 1 is 1.10 bits per heavy atom. The molecule has 21 heavy (non-hydrogen) atoms. The first-order valence-corrected chi connectivity index (χ1v) is 8.53. The number of hydrogen-bond donors (Lipinski definition) is 1. The van der Waals surface area contributed by atoms with Crippen LogP contribution in [0.1, 0.15) is 77.5 Å². The summed E-state index contributed by atoms with van der Waals surface area (Å²) in [5.74, 6) is 2.96. The van der Waals surface area contributed by atoms with Crippen molar-refractivity contribution in [2.24, 2.45) is 11.3 Å². The average Bonchev–Trinajstić information content (AvgIpc) is 2.92. The van der Waals surface area contributed by atoms with E-state index < -0.39 is 0 Å². The van der Waals surface area contributed by atoms with Crippen LogP contribution in [0, 0.1) is 11.3 Å². The minimum absolute atomic E-state index is 0.427. The smallest absolute Gasteiger partial charge is 0.219 e. The standard InChI is InChI=1S/C17H31N3O/c1-5-11-18-12-10-15-19-20-16(21-15)13-6-8-14(9-7-13)17(2,3)4/h13-14,18H,5-12H2,1-4H3. The van der Waals surface area contributed by atoms with E-state index in [0.29, 0.717) is 11.3 Å². The predicted octanol–water partition coefficient (Wildman–Crippen LogP) is 3.93. The van der Waals surface area contributed by atoms with Gasteiger partial charge in [0.15, 0.2) is 0 Å². The second kappa shape index (κ2) is 7.39. The van der Waals surface area contributed by atoms with Crippen molar-refractivity contribution in [1.29, 1.82) is 0 Å². The molecule has 1 aromatic rings. The van der Waals surface area contributed by atoms with Crippen molar-refractivity contribution in [1.82, 2.24) is 15.5 Å². The van der Waals surface area contributed by atoms with Crippen LogP contribution in [-0.2, 0) is 6.42 Å². The van der Waals surface area contributed by atoms with Crippen LogP contribution in [0.15, 0.2) is 4.42 Å². The number of nitrogens with one attached hydrogen (secondary N) is 1. The Balaban J connectivity index is 1.80. The fourth-order valence-corrected chi connectivity index (χ4v) is 3.24. The van der Waals surface area contributed by atoms with Crippen molar-refractivity contribution >= 4 is 0 Å². The molecule has 1 heterocycles. The molecule has 0 spiro atoms. The van der Waals surface area contributed by atoms with Gasteiger partial charge in [0.25, 0.3) is 0 Å². The van der Waals surface area contributed by atoms with Gasteiger partial charge in [0.2, 0.25) is 11.8 Å². The van der Waals surface area contributed by atoms with E-state index >= 15 is 0 Å². The topological polar surface area (TPSA) is 51.0 Å². The Hall–Kier alpha value is -0.900. The Bertz CT molecular complexity index is 414. The first-order valence-electron chi connectivity index (χ1n) is 8.53. The van der Waals surface area contributed by atoms with E-state index in [1.807, 2.05) is 0 Å². The molecular weight excluding hydrogens is 262 g/mol. The van der Waals surface area contributed by atoms with E-state index in [1.165, 1.54) is 25.7 Å². The molecule has 0 atom stereocenters. The minimum Gasteiger partial charge on any atom is -0.425 e. The Morgan fingerprint density at radius 3 is 2.43 bits per heavy atom. The molecular formula is C17H31N3O. The van der Waals surface area contributed by atoms with Crippen molar-refractivity contribution in [3.63, 3.8) is 0 Å². The summed E-state index contributed by atoms with van der Waals surface area (Å²) in [6.45, 7) is 11.2. The molecule has 4 heteroatoms. The fourth-order valence-electron chi connectivity index (χ4n) is 3.24. The summed E-state index contributed by atoms with van der Waals surface area (Å²) in [6, 6.07) is 0. The van der Waals surface area contributed by atoms with Crippen LogP contribution >= 0.6 is 0 Å². The lowest BCUT2D eigenvalue weighted by molar-refractivity contribution is 0.161. The van der Waals surface area contributed by atoms with E-state index in [4.69, 9.17) is 4.42 Å². The number of aromatic nitrogens is 2. The highest BCUT2D eigenvalue weighted by atomic mass is 16.4. The van der Waals surface area contributed by atoms with Gasteiger partial charge < -0.3 is 9.73 Å². The second-order valence-electron chi connectivity index (χ2n) is 7.45. The molecule has 0 saturated heterocycles. The van der Waals surface area contributed by atoms with Gasteiger partial charge in [-0.2, -0.15) is 0 Å². The number of hydrogen-bond acceptors (Lipinski definition) is 4. The molecule has 1 aromatic heterocycles. The summed E-state index contributed by atoms with van der Waals surface area (Å²) in [7, 11) is 0. The van der Waals surface area contributed by atoms with Gasteiger partial charge in [-0.25, -0.2) is 0 Å². The molecule has 0 radical (unpaired) electrons. The minimum atomic E-state index is 0.427. The van der Waals surface area contributed by atoms with Crippen LogP contribution in [-0.4, -0.2) is 23.3 Å². The molecule has 0 unspecified atom stereocenters. The monoisotopic (exact) mass is 293 g/mol. The normalized spacial score (nSPS) is 23.4. The van der Waals surface area contributed by atoms with E-state index in [0.717, 1.165) is 43.6 Å². The zero-order chi connectivity index (χ0) is 15.3.